The van der Waals surface area contributed by atoms with Crippen molar-refractivity contribution < 1.29 is 4.79 Å². The highest BCUT2D eigenvalue weighted by molar-refractivity contribution is 9.10. The Kier molecular flexibility index (Phi) is 2.12. The van der Waals surface area contributed by atoms with Crippen LogP contribution in [-0.4, -0.2) is 5.91 Å². The summed E-state index contributed by atoms with van der Waals surface area (Å²) < 4.78 is 1.06. The van der Waals surface area contributed by atoms with Gasteiger partial charge < -0.3 is 5.32 Å². The van der Waals surface area contributed by atoms with E-state index >= 15 is 0 Å². The lowest BCUT2D eigenvalue weighted by atomic mass is 10.1. The van der Waals surface area contributed by atoms with Crippen LogP contribution in [0.25, 0.3) is 0 Å². The van der Waals surface area contributed by atoms with Crippen LogP contribution >= 0.6 is 15.9 Å². The fraction of sp³-hybridized carbons (Fsp3) is 0.300. The Morgan fingerprint density at radius 1 is 1.54 bits per heavy atom. The SMILES string of the molecule is CCc1cc(Br)cc2c1NC(=O)C2. The van der Waals surface area contributed by atoms with Gasteiger partial charge >= 0.3 is 0 Å². The smallest absolute Gasteiger partial charge is 0.228 e. The molecule has 1 aliphatic heterocycles. The van der Waals surface area contributed by atoms with E-state index < -0.39 is 0 Å². The maximum atomic E-state index is 11.2. The molecule has 0 fully saturated rings. The summed E-state index contributed by atoms with van der Waals surface area (Å²) in [5, 5.41) is 2.88. The second-order valence-electron chi connectivity index (χ2n) is 3.18. The lowest BCUT2D eigenvalue weighted by molar-refractivity contribution is -0.115. The third-order valence-corrected chi connectivity index (χ3v) is 2.72. The number of hydrogen-bond donors (Lipinski definition) is 1. The monoisotopic (exact) mass is 239 g/mol. The van der Waals surface area contributed by atoms with Crippen molar-refractivity contribution in [3.05, 3.63) is 27.7 Å². The zero-order chi connectivity index (χ0) is 9.42. The lowest BCUT2D eigenvalue weighted by Crippen LogP contribution is -2.04. The minimum absolute atomic E-state index is 0.0998. The Hall–Kier alpha value is -0.830. The first-order valence-electron chi connectivity index (χ1n) is 4.32. The number of amides is 1. The first kappa shape index (κ1) is 8.75. The number of halogens is 1. The topological polar surface area (TPSA) is 29.1 Å². The summed E-state index contributed by atoms with van der Waals surface area (Å²) in [4.78, 5) is 11.2. The summed E-state index contributed by atoms with van der Waals surface area (Å²) >= 11 is 3.44. The number of fused-ring (bicyclic) bond motifs is 1. The van der Waals surface area contributed by atoms with Crippen molar-refractivity contribution in [1.29, 1.82) is 0 Å². The van der Waals surface area contributed by atoms with Gasteiger partial charge in [-0.05, 0) is 29.7 Å². The van der Waals surface area contributed by atoms with E-state index in [9.17, 15) is 4.79 Å². The summed E-state index contributed by atoms with van der Waals surface area (Å²) in [5.74, 6) is 0.0998. The molecule has 68 valence electrons. The molecular weight excluding hydrogens is 230 g/mol. The molecule has 0 aliphatic carbocycles. The van der Waals surface area contributed by atoms with Crippen LogP contribution < -0.4 is 5.32 Å². The van der Waals surface area contributed by atoms with Gasteiger partial charge in [0.2, 0.25) is 5.91 Å². The fourth-order valence-electron chi connectivity index (χ4n) is 1.66. The molecule has 0 saturated heterocycles. The van der Waals surface area contributed by atoms with Gasteiger partial charge in [0.25, 0.3) is 0 Å². The summed E-state index contributed by atoms with van der Waals surface area (Å²) in [5.41, 5.74) is 3.34. The summed E-state index contributed by atoms with van der Waals surface area (Å²) in [7, 11) is 0. The fourth-order valence-corrected chi connectivity index (χ4v) is 2.21. The number of carbonyl (C=O) groups excluding carboxylic acids is 1. The molecule has 3 heteroatoms. The first-order chi connectivity index (χ1) is 6.20. The number of rotatable bonds is 1. The molecule has 1 N–H and O–H groups in total. The molecule has 1 aromatic carbocycles. The van der Waals surface area contributed by atoms with Crippen LogP contribution in [-0.2, 0) is 17.6 Å². The molecule has 1 aliphatic rings. The van der Waals surface area contributed by atoms with Gasteiger partial charge in [-0.25, -0.2) is 0 Å². The van der Waals surface area contributed by atoms with Gasteiger partial charge in [-0.2, -0.15) is 0 Å². The summed E-state index contributed by atoms with van der Waals surface area (Å²) in [6, 6.07) is 4.07. The second-order valence-corrected chi connectivity index (χ2v) is 4.09. The molecule has 0 unspecified atom stereocenters. The van der Waals surface area contributed by atoms with E-state index in [1.165, 1.54) is 5.56 Å². The molecule has 1 amide bonds. The highest BCUT2D eigenvalue weighted by atomic mass is 79.9. The first-order valence-corrected chi connectivity index (χ1v) is 5.11. The van der Waals surface area contributed by atoms with Crippen molar-refractivity contribution in [1.82, 2.24) is 0 Å². The highest BCUT2D eigenvalue weighted by Gasteiger charge is 2.20. The molecule has 13 heavy (non-hydrogen) atoms. The molecular formula is C10H10BrNO. The Bertz CT molecular complexity index is 373. The van der Waals surface area contributed by atoms with Gasteiger partial charge in [0, 0.05) is 10.2 Å². The van der Waals surface area contributed by atoms with E-state index in [4.69, 9.17) is 0 Å². The maximum absolute atomic E-state index is 11.2. The standard InChI is InChI=1S/C10H10BrNO/c1-2-6-3-8(11)4-7-5-9(13)12-10(6)7/h3-4H,2,5H2,1H3,(H,12,13). The number of anilines is 1. The van der Waals surface area contributed by atoms with Crippen molar-refractivity contribution >= 4 is 27.5 Å². The second kappa shape index (κ2) is 3.14. The van der Waals surface area contributed by atoms with E-state index in [0.29, 0.717) is 6.42 Å². The lowest BCUT2D eigenvalue weighted by Gasteiger charge is -2.06. The zero-order valence-electron chi connectivity index (χ0n) is 7.36. The quantitative estimate of drug-likeness (QED) is 0.802. The molecule has 0 aromatic heterocycles. The minimum Gasteiger partial charge on any atom is -0.325 e. The van der Waals surface area contributed by atoms with Crippen LogP contribution in [0.5, 0.6) is 0 Å². The van der Waals surface area contributed by atoms with Gasteiger partial charge in [0.1, 0.15) is 0 Å². The largest absolute Gasteiger partial charge is 0.325 e. The van der Waals surface area contributed by atoms with Crippen molar-refractivity contribution in [2.45, 2.75) is 19.8 Å². The Morgan fingerprint density at radius 2 is 2.31 bits per heavy atom. The minimum atomic E-state index is 0.0998. The van der Waals surface area contributed by atoms with Crippen LogP contribution in [0.2, 0.25) is 0 Å². The van der Waals surface area contributed by atoms with Gasteiger partial charge in [0.15, 0.2) is 0 Å². The van der Waals surface area contributed by atoms with Gasteiger partial charge in [0.05, 0.1) is 6.42 Å². The van der Waals surface area contributed by atoms with Crippen LogP contribution in [0.1, 0.15) is 18.1 Å². The Morgan fingerprint density at radius 3 is 3.00 bits per heavy atom. The van der Waals surface area contributed by atoms with E-state index in [0.717, 1.165) is 22.1 Å². The third-order valence-electron chi connectivity index (χ3n) is 2.26. The predicted octanol–water partition coefficient (Wildman–Crippen LogP) is 2.51. The molecule has 0 spiro atoms. The van der Waals surface area contributed by atoms with Crippen LogP contribution in [0, 0.1) is 0 Å². The number of carbonyl (C=O) groups is 1. The van der Waals surface area contributed by atoms with Gasteiger partial charge in [-0.1, -0.05) is 22.9 Å². The molecule has 0 atom stereocenters. The summed E-state index contributed by atoms with van der Waals surface area (Å²) in [6.07, 6.45) is 1.46. The van der Waals surface area contributed by atoms with E-state index in [2.05, 4.69) is 34.2 Å². The van der Waals surface area contributed by atoms with Gasteiger partial charge in [-0.3, -0.25) is 4.79 Å². The van der Waals surface area contributed by atoms with Crippen molar-refractivity contribution in [2.75, 3.05) is 5.32 Å². The van der Waals surface area contributed by atoms with Crippen molar-refractivity contribution in [3.8, 4) is 0 Å². The van der Waals surface area contributed by atoms with Crippen LogP contribution in [0.3, 0.4) is 0 Å². The Labute approximate surface area is 85.5 Å². The third kappa shape index (κ3) is 1.48. The maximum Gasteiger partial charge on any atom is 0.228 e. The van der Waals surface area contributed by atoms with Crippen LogP contribution in [0.15, 0.2) is 16.6 Å². The zero-order valence-corrected chi connectivity index (χ0v) is 8.94. The summed E-state index contributed by atoms with van der Waals surface area (Å²) in [6.45, 7) is 2.09. The number of hydrogen-bond acceptors (Lipinski definition) is 1. The molecule has 2 nitrogen and oxygen atoms in total. The normalized spacial score (nSPS) is 14.2. The van der Waals surface area contributed by atoms with E-state index in [1.807, 2.05) is 6.07 Å². The van der Waals surface area contributed by atoms with E-state index in [1.54, 1.807) is 0 Å². The van der Waals surface area contributed by atoms with Crippen molar-refractivity contribution in [3.63, 3.8) is 0 Å². The van der Waals surface area contributed by atoms with Gasteiger partial charge in [-0.15, -0.1) is 0 Å². The number of aryl methyl sites for hydroxylation is 1. The Balaban J connectivity index is 2.56. The van der Waals surface area contributed by atoms with E-state index in [-0.39, 0.29) is 5.91 Å². The molecule has 1 aromatic rings. The van der Waals surface area contributed by atoms with Crippen LogP contribution in [0.4, 0.5) is 5.69 Å². The average molecular weight is 240 g/mol. The molecule has 1 heterocycles. The number of nitrogens with one attached hydrogen (secondary N) is 1. The molecule has 0 saturated carbocycles. The predicted molar refractivity (Wildman–Crippen MR) is 55.9 cm³/mol. The highest BCUT2D eigenvalue weighted by Crippen LogP contribution is 2.31. The molecule has 0 radical (unpaired) electrons. The average Bonchev–Trinajstić information content (AvgIpc) is 2.43. The molecule has 0 bridgehead atoms. The number of benzene rings is 1. The molecule has 2 rings (SSSR count). The van der Waals surface area contributed by atoms with Crippen molar-refractivity contribution in [2.24, 2.45) is 0 Å².